The number of rotatable bonds is 2. The Balaban J connectivity index is 0.000000441. The van der Waals surface area contributed by atoms with Crippen LogP contribution in [-0.2, 0) is 4.74 Å². The molecule has 0 amide bonds. The van der Waals surface area contributed by atoms with Crippen LogP contribution in [0.4, 0.5) is 0 Å². The highest BCUT2D eigenvalue weighted by Gasteiger charge is 2.27. The first kappa shape index (κ1) is 33.9. The van der Waals surface area contributed by atoms with Crippen LogP contribution in [0.3, 0.4) is 0 Å². The van der Waals surface area contributed by atoms with Crippen LogP contribution in [0.25, 0.3) is 0 Å². The molecule has 0 bridgehead atoms. The Labute approximate surface area is 217 Å². The van der Waals surface area contributed by atoms with Crippen LogP contribution in [0.1, 0.15) is 169 Å². The lowest BCUT2D eigenvalue weighted by atomic mass is 9.84. The second-order valence-electron chi connectivity index (χ2n) is 11.0. The average Bonchev–Trinajstić information content (AvgIpc) is 2.81. The molecule has 34 heavy (non-hydrogen) atoms. The molecule has 2 atom stereocenters. The van der Waals surface area contributed by atoms with Crippen molar-refractivity contribution in [2.24, 2.45) is 5.92 Å². The first-order valence-electron chi connectivity index (χ1n) is 16.0. The van der Waals surface area contributed by atoms with E-state index >= 15 is 0 Å². The van der Waals surface area contributed by atoms with E-state index in [0.717, 1.165) is 12.0 Å². The number of piperidine rings is 1. The van der Waals surface area contributed by atoms with Crippen LogP contribution in [0.5, 0.6) is 0 Å². The highest BCUT2D eigenvalue weighted by Crippen LogP contribution is 2.29. The first-order chi connectivity index (χ1) is 16.7. The molecule has 5 aliphatic rings. The number of ether oxygens (including phenoxy) is 1. The van der Waals surface area contributed by atoms with Crippen LogP contribution in [-0.4, -0.2) is 37.2 Å². The van der Waals surface area contributed by atoms with Crippen molar-refractivity contribution in [3.05, 3.63) is 0 Å². The molecule has 0 spiro atoms. The molecule has 2 heteroatoms. The number of hydrogen-bond donors (Lipinski definition) is 0. The van der Waals surface area contributed by atoms with E-state index in [4.69, 9.17) is 4.74 Å². The summed E-state index contributed by atoms with van der Waals surface area (Å²) < 4.78 is 5.19. The van der Waals surface area contributed by atoms with E-state index in [1.165, 1.54) is 148 Å². The zero-order chi connectivity index (χ0) is 25.3. The molecule has 0 aromatic carbocycles. The van der Waals surface area contributed by atoms with E-state index in [1.807, 2.05) is 21.0 Å². The third kappa shape index (κ3) is 18.2. The molecule has 1 aliphatic heterocycles. The van der Waals surface area contributed by atoms with Crippen molar-refractivity contribution in [2.45, 2.75) is 182 Å². The summed E-state index contributed by atoms with van der Waals surface area (Å²) in [6.45, 7) is 13.5. The molecule has 4 saturated carbocycles. The largest absolute Gasteiger partial charge is 0.381 e. The summed E-state index contributed by atoms with van der Waals surface area (Å²) in [5.41, 5.74) is 0. The fraction of sp³-hybridized carbons (Fsp3) is 1.00. The standard InChI is InChI=1S/C12H23N.C7H14O.2C4H8.C3H8.C2H6/c1-11-7-3-4-8-12(11)13-9-5-2-6-10-13;1-8-7-5-3-2-4-6-7;2*1-2-4-3-1;1-3-2;1-2/h11-12H,2-10H2,1H3;7H,2-6H2,1H3;2*1-4H2;3H2,1-2H3;1-2H3. The van der Waals surface area contributed by atoms with Gasteiger partial charge in [0.1, 0.15) is 0 Å². The quantitative estimate of drug-likeness (QED) is 0.389. The topological polar surface area (TPSA) is 12.5 Å². The van der Waals surface area contributed by atoms with E-state index < -0.39 is 0 Å². The maximum absolute atomic E-state index is 5.19. The van der Waals surface area contributed by atoms with Gasteiger partial charge in [-0.2, -0.15) is 0 Å². The van der Waals surface area contributed by atoms with E-state index in [2.05, 4.69) is 25.7 Å². The van der Waals surface area contributed by atoms with Gasteiger partial charge in [-0.25, -0.2) is 0 Å². The fourth-order valence-corrected chi connectivity index (χ4v) is 4.89. The van der Waals surface area contributed by atoms with Gasteiger partial charge < -0.3 is 9.64 Å². The number of nitrogens with zero attached hydrogens (tertiary/aromatic N) is 1. The lowest BCUT2D eigenvalue weighted by Gasteiger charge is -2.40. The highest BCUT2D eigenvalue weighted by atomic mass is 16.5. The van der Waals surface area contributed by atoms with Crippen molar-refractivity contribution in [3.63, 3.8) is 0 Å². The SMILES string of the molecule is C1CCC1.C1CCC1.CC.CC1CCCCC1N1CCCCC1.CCC.COC1CCCCC1. The molecule has 0 radical (unpaired) electrons. The predicted octanol–water partition coefficient (Wildman–Crippen LogP) is 10.6. The van der Waals surface area contributed by atoms with Crippen LogP contribution in [0.15, 0.2) is 0 Å². The van der Waals surface area contributed by atoms with E-state index in [9.17, 15) is 0 Å². The summed E-state index contributed by atoms with van der Waals surface area (Å²) in [6.07, 6.45) is 30.8. The minimum Gasteiger partial charge on any atom is -0.381 e. The first-order valence-corrected chi connectivity index (χ1v) is 16.0. The summed E-state index contributed by atoms with van der Waals surface area (Å²) in [6, 6.07) is 0.939. The van der Waals surface area contributed by atoms with Gasteiger partial charge in [0.15, 0.2) is 0 Å². The van der Waals surface area contributed by atoms with Crippen molar-refractivity contribution in [1.29, 1.82) is 0 Å². The van der Waals surface area contributed by atoms with Crippen molar-refractivity contribution in [3.8, 4) is 0 Å². The molecule has 5 fully saturated rings. The van der Waals surface area contributed by atoms with Crippen LogP contribution in [0, 0.1) is 5.92 Å². The predicted molar refractivity (Wildman–Crippen MR) is 155 cm³/mol. The van der Waals surface area contributed by atoms with Gasteiger partial charge in [-0.05, 0) is 57.5 Å². The number of hydrogen-bond acceptors (Lipinski definition) is 2. The molecular formula is C32H67NO. The zero-order valence-electron chi connectivity index (χ0n) is 24.9. The maximum atomic E-state index is 5.19. The normalized spacial score (nSPS) is 26.3. The molecule has 2 nitrogen and oxygen atoms in total. The Hall–Kier alpha value is -0.0800. The zero-order valence-corrected chi connectivity index (χ0v) is 24.9. The fourth-order valence-electron chi connectivity index (χ4n) is 4.89. The van der Waals surface area contributed by atoms with Crippen LogP contribution < -0.4 is 0 Å². The van der Waals surface area contributed by atoms with Gasteiger partial charge in [0.25, 0.3) is 0 Å². The van der Waals surface area contributed by atoms with Crippen LogP contribution >= 0.6 is 0 Å². The highest BCUT2D eigenvalue weighted by molar-refractivity contribution is 4.82. The van der Waals surface area contributed by atoms with Crippen molar-refractivity contribution in [1.82, 2.24) is 4.90 Å². The molecule has 206 valence electrons. The maximum Gasteiger partial charge on any atom is 0.0571 e. The van der Waals surface area contributed by atoms with E-state index in [0.29, 0.717) is 6.10 Å². The third-order valence-corrected chi connectivity index (χ3v) is 7.81. The summed E-state index contributed by atoms with van der Waals surface area (Å²) >= 11 is 0. The lowest BCUT2D eigenvalue weighted by molar-refractivity contribution is 0.0710. The molecule has 0 aromatic rings. The van der Waals surface area contributed by atoms with Gasteiger partial charge in [-0.3, -0.25) is 0 Å². The molecule has 1 saturated heterocycles. The monoisotopic (exact) mass is 482 g/mol. The Bertz CT molecular complexity index is 349. The van der Waals surface area contributed by atoms with E-state index in [-0.39, 0.29) is 0 Å². The Morgan fingerprint density at radius 3 is 1.26 bits per heavy atom. The van der Waals surface area contributed by atoms with Crippen LogP contribution in [0.2, 0.25) is 0 Å². The summed E-state index contributed by atoms with van der Waals surface area (Å²) in [4.78, 5) is 2.77. The second kappa shape index (κ2) is 26.0. The van der Waals surface area contributed by atoms with Gasteiger partial charge in [-0.1, -0.05) is 131 Å². The van der Waals surface area contributed by atoms with Crippen molar-refractivity contribution >= 4 is 0 Å². The molecule has 5 rings (SSSR count). The molecule has 0 N–H and O–H groups in total. The van der Waals surface area contributed by atoms with Crippen molar-refractivity contribution in [2.75, 3.05) is 20.2 Å². The Kier molecular flexibility index (Phi) is 25.9. The Morgan fingerprint density at radius 2 is 0.912 bits per heavy atom. The number of methoxy groups -OCH3 is 1. The lowest BCUT2D eigenvalue weighted by Crippen LogP contribution is -2.44. The molecular weight excluding hydrogens is 414 g/mol. The van der Waals surface area contributed by atoms with Crippen molar-refractivity contribution < 1.29 is 4.74 Å². The molecule has 2 unspecified atom stereocenters. The minimum absolute atomic E-state index is 0.587. The van der Waals surface area contributed by atoms with Gasteiger partial charge in [0.2, 0.25) is 0 Å². The summed E-state index contributed by atoms with van der Waals surface area (Å²) in [5, 5.41) is 0. The smallest absolute Gasteiger partial charge is 0.0571 e. The van der Waals surface area contributed by atoms with Gasteiger partial charge in [-0.15, -0.1) is 0 Å². The molecule has 1 heterocycles. The average molecular weight is 482 g/mol. The molecule has 4 aliphatic carbocycles. The summed E-state index contributed by atoms with van der Waals surface area (Å²) in [5.74, 6) is 0.965. The number of likely N-dealkylation sites (tertiary alicyclic amines) is 1. The van der Waals surface area contributed by atoms with E-state index in [1.54, 1.807) is 0 Å². The third-order valence-electron chi connectivity index (χ3n) is 7.81. The van der Waals surface area contributed by atoms with Gasteiger partial charge >= 0.3 is 0 Å². The summed E-state index contributed by atoms with van der Waals surface area (Å²) in [7, 11) is 1.82. The van der Waals surface area contributed by atoms with Gasteiger partial charge in [0, 0.05) is 13.2 Å². The molecule has 0 aromatic heterocycles. The second-order valence-corrected chi connectivity index (χ2v) is 11.0. The minimum atomic E-state index is 0.587. The van der Waals surface area contributed by atoms with Gasteiger partial charge in [0.05, 0.1) is 6.10 Å². The Morgan fingerprint density at radius 1 is 0.559 bits per heavy atom.